The molecule has 1 aromatic carbocycles. The summed E-state index contributed by atoms with van der Waals surface area (Å²) < 4.78 is 3.90. The fourth-order valence-electron chi connectivity index (χ4n) is 3.16. The molecule has 0 N–H and O–H groups in total. The first-order valence-electron chi connectivity index (χ1n) is 8.27. The van der Waals surface area contributed by atoms with Gasteiger partial charge in [-0.3, -0.25) is 4.79 Å². The molecular weight excluding hydrogens is 300 g/mol. The lowest BCUT2D eigenvalue weighted by atomic mass is 10.1. The molecule has 0 radical (unpaired) electrons. The Hall–Kier alpha value is -2.40. The highest BCUT2D eigenvalue weighted by Crippen LogP contribution is 2.25. The molecule has 2 aromatic heterocycles. The van der Waals surface area contributed by atoms with Crippen molar-refractivity contribution in [3.8, 4) is 11.3 Å². The predicted octanol–water partition coefficient (Wildman–Crippen LogP) is 2.86. The zero-order valence-corrected chi connectivity index (χ0v) is 15.0. The monoisotopic (exact) mass is 324 g/mol. The standard InChI is InChI=1S/C19H24N4O/c1-6-22-14(3)13(2)18(24)23-16(12-21(4)5)17(20-19(22)23)15-10-8-7-9-11-15/h7-11H,6,12H2,1-5H3. The van der Waals surface area contributed by atoms with Crippen LogP contribution >= 0.6 is 0 Å². The molecule has 0 spiro atoms. The average molecular weight is 324 g/mol. The summed E-state index contributed by atoms with van der Waals surface area (Å²) in [6.07, 6.45) is 0. The van der Waals surface area contributed by atoms with E-state index in [4.69, 9.17) is 4.98 Å². The van der Waals surface area contributed by atoms with Gasteiger partial charge in [-0.15, -0.1) is 0 Å². The molecule has 0 aliphatic carbocycles. The molecule has 0 amide bonds. The molecule has 24 heavy (non-hydrogen) atoms. The van der Waals surface area contributed by atoms with Crippen LogP contribution in [-0.2, 0) is 13.1 Å². The predicted molar refractivity (Wildman–Crippen MR) is 97.4 cm³/mol. The molecule has 0 saturated heterocycles. The second kappa shape index (κ2) is 6.24. The van der Waals surface area contributed by atoms with Crippen LogP contribution in [-0.4, -0.2) is 32.9 Å². The molecule has 5 nitrogen and oxygen atoms in total. The maximum absolute atomic E-state index is 13.0. The second-order valence-corrected chi connectivity index (χ2v) is 6.41. The van der Waals surface area contributed by atoms with E-state index in [2.05, 4.69) is 16.4 Å². The van der Waals surface area contributed by atoms with Crippen LogP contribution in [0.1, 0.15) is 23.9 Å². The van der Waals surface area contributed by atoms with Crippen molar-refractivity contribution in [1.82, 2.24) is 18.9 Å². The topological polar surface area (TPSA) is 42.5 Å². The minimum atomic E-state index is 0.0266. The van der Waals surface area contributed by atoms with Gasteiger partial charge in [-0.2, -0.15) is 0 Å². The first-order valence-corrected chi connectivity index (χ1v) is 8.27. The summed E-state index contributed by atoms with van der Waals surface area (Å²) >= 11 is 0. The normalized spacial score (nSPS) is 11.6. The molecule has 126 valence electrons. The van der Waals surface area contributed by atoms with E-state index in [9.17, 15) is 4.79 Å². The van der Waals surface area contributed by atoms with Crippen LogP contribution in [0.3, 0.4) is 0 Å². The van der Waals surface area contributed by atoms with E-state index in [1.54, 1.807) is 4.40 Å². The molecule has 3 rings (SSSR count). The number of aryl methyl sites for hydroxylation is 1. The third-order valence-electron chi connectivity index (χ3n) is 4.50. The van der Waals surface area contributed by atoms with E-state index in [0.717, 1.165) is 40.5 Å². The van der Waals surface area contributed by atoms with Gasteiger partial charge in [0.2, 0.25) is 5.78 Å². The van der Waals surface area contributed by atoms with Crippen molar-refractivity contribution in [2.24, 2.45) is 0 Å². The lowest BCUT2D eigenvalue weighted by Gasteiger charge is -2.14. The van der Waals surface area contributed by atoms with Crippen molar-refractivity contribution < 1.29 is 0 Å². The van der Waals surface area contributed by atoms with Crippen LogP contribution in [0.4, 0.5) is 0 Å². The first kappa shape index (κ1) is 16.5. The number of hydrogen-bond donors (Lipinski definition) is 0. The van der Waals surface area contributed by atoms with E-state index < -0.39 is 0 Å². The Balaban J connectivity index is 2.45. The van der Waals surface area contributed by atoms with E-state index in [-0.39, 0.29) is 5.56 Å². The number of hydrogen-bond acceptors (Lipinski definition) is 3. The van der Waals surface area contributed by atoms with Crippen LogP contribution in [0.5, 0.6) is 0 Å². The number of imidazole rings is 1. The van der Waals surface area contributed by atoms with Crippen LogP contribution in [0.2, 0.25) is 0 Å². The van der Waals surface area contributed by atoms with Crippen molar-refractivity contribution in [3.63, 3.8) is 0 Å². The number of fused-ring (bicyclic) bond motifs is 1. The van der Waals surface area contributed by atoms with E-state index >= 15 is 0 Å². The van der Waals surface area contributed by atoms with E-state index in [1.165, 1.54) is 0 Å². The van der Waals surface area contributed by atoms with Crippen molar-refractivity contribution >= 4 is 5.78 Å². The van der Waals surface area contributed by atoms with Gasteiger partial charge in [-0.1, -0.05) is 30.3 Å². The number of nitrogens with zero attached hydrogens (tertiary/aromatic N) is 4. The quantitative estimate of drug-likeness (QED) is 0.741. The molecule has 3 aromatic rings. The third kappa shape index (κ3) is 2.55. The average Bonchev–Trinajstić information content (AvgIpc) is 2.92. The summed E-state index contributed by atoms with van der Waals surface area (Å²) in [5, 5.41) is 0. The van der Waals surface area contributed by atoms with Gasteiger partial charge in [0.1, 0.15) is 0 Å². The zero-order chi connectivity index (χ0) is 17.4. The van der Waals surface area contributed by atoms with Crippen LogP contribution in [0.15, 0.2) is 35.1 Å². The molecule has 0 fully saturated rings. The third-order valence-corrected chi connectivity index (χ3v) is 4.50. The molecule has 0 bridgehead atoms. The highest BCUT2D eigenvalue weighted by Gasteiger charge is 2.20. The van der Waals surface area contributed by atoms with Gasteiger partial charge in [0.25, 0.3) is 5.56 Å². The molecule has 0 atom stereocenters. The van der Waals surface area contributed by atoms with Gasteiger partial charge in [0, 0.05) is 29.9 Å². The van der Waals surface area contributed by atoms with Gasteiger partial charge >= 0.3 is 0 Å². The molecule has 0 aliphatic heterocycles. The van der Waals surface area contributed by atoms with Crippen molar-refractivity contribution in [2.45, 2.75) is 33.9 Å². The van der Waals surface area contributed by atoms with Gasteiger partial charge in [0.05, 0.1) is 11.4 Å². The fraction of sp³-hybridized carbons (Fsp3) is 0.368. The molecule has 5 heteroatoms. The molecular formula is C19H24N4O. The first-order chi connectivity index (χ1) is 11.5. The van der Waals surface area contributed by atoms with Crippen molar-refractivity contribution in [3.05, 3.63) is 57.6 Å². The summed E-state index contributed by atoms with van der Waals surface area (Å²) in [6, 6.07) is 10.1. The molecule has 2 heterocycles. The fourth-order valence-corrected chi connectivity index (χ4v) is 3.16. The highest BCUT2D eigenvalue weighted by atomic mass is 16.1. The summed E-state index contributed by atoms with van der Waals surface area (Å²) in [5.74, 6) is 0.723. The maximum Gasteiger partial charge on any atom is 0.262 e. The molecule has 0 saturated carbocycles. The van der Waals surface area contributed by atoms with Gasteiger partial charge < -0.3 is 9.47 Å². The van der Waals surface area contributed by atoms with Gasteiger partial charge in [-0.05, 0) is 34.9 Å². The lowest BCUT2D eigenvalue weighted by Crippen LogP contribution is -2.26. The minimum Gasteiger partial charge on any atom is -0.315 e. The minimum absolute atomic E-state index is 0.0266. The summed E-state index contributed by atoms with van der Waals surface area (Å²) in [7, 11) is 4.02. The van der Waals surface area contributed by atoms with Gasteiger partial charge in [0.15, 0.2) is 0 Å². The molecule has 0 aliphatic rings. The Labute approximate surface area is 142 Å². The lowest BCUT2D eigenvalue weighted by molar-refractivity contribution is 0.395. The van der Waals surface area contributed by atoms with Crippen LogP contribution in [0.25, 0.3) is 17.0 Å². The second-order valence-electron chi connectivity index (χ2n) is 6.41. The van der Waals surface area contributed by atoms with Crippen LogP contribution < -0.4 is 5.56 Å². The molecule has 0 unspecified atom stereocenters. The Morgan fingerprint density at radius 3 is 2.38 bits per heavy atom. The Morgan fingerprint density at radius 2 is 1.79 bits per heavy atom. The number of benzene rings is 1. The SMILES string of the molecule is CCn1c(C)c(C)c(=O)n2c(CN(C)C)c(-c3ccccc3)nc12. The summed E-state index contributed by atoms with van der Waals surface area (Å²) in [5.41, 5.74) is 4.65. The highest BCUT2D eigenvalue weighted by molar-refractivity contribution is 5.65. The van der Waals surface area contributed by atoms with Crippen molar-refractivity contribution in [2.75, 3.05) is 14.1 Å². The smallest absolute Gasteiger partial charge is 0.262 e. The van der Waals surface area contributed by atoms with E-state index in [0.29, 0.717) is 6.54 Å². The Bertz CT molecular complexity index is 936. The zero-order valence-electron chi connectivity index (χ0n) is 15.0. The maximum atomic E-state index is 13.0. The summed E-state index contributed by atoms with van der Waals surface area (Å²) in [4.78, 5) is 19.9. The Kier molecular flexibility index (Phi) is 4.28. The van der Waals surface area contributed by atoms with E-state index in [1.807, 2.05) is 58.3 Å². The van der Waals surface area contributed by atoms with Crippen molar-refractivity contribution in [1.29, 1.82) is 0 Å². The largest absolute Gasteiger partial charge is 0.315 e. The number of aromatic nitrogens is 3. The Morgan fingerprint density at radius 1 is 1.12 bits per heavy atom. The summed E-state index contributed by atoms with van der Waals surface area (Å²) in [6.45, 7) is 7.41. The van der Waals surface area contributed by atoms with Crippen LogP contribution in [0, 0.1) is 13.8 Å². The number of rotatable bonds is 4. The van der Waals surface area contributed by atoms with Gasteiger partial charge in [-0.25, -0.2) is 9.38 Å².